The van der Waals surface area contributed by atoms with Gasteiger partial charge in [-0.1, -0.05) is 0 Å². The third-order valence-electron chi connectivity index (χ3n) is 2.88. The standard InChI is InChI=1S/C12H20N2O4/c1-8-12(16)11(7-15)9(6-14-8)5-10(13)3-2-4-18-17/h6,10,15-17H,2-5,7,13H2,1H3. The number of aromatic nitrogens is 1. The van der Waals surface area contributed by atoms with Crippen LogP contribution in [0.1, 0.15) is 29.7 Å². The van der Waals surface area contributed by atoms with Crippen molar-refractivity contribution in [1.29, 1.82) is 0 Å². The first-order valence-electron chi connectivity index (χ1n) is 5.89. The van der Waals surface area contributed by atoms with Crippen LogP contribution in [0.25, 0.3) is 0 Å². The number of nitrogens with zero attached hydrogens (tertiary/aromatic N) is 1. The second-order valence-corrected chi connectivity index (χ2v) is 4.29. The summed E-state index contributed by atoms with van der Waals surface area (Å²) < 4.78 is 0. The third kappa shape index (κ3) is 3.92. The lowest BCUT2D eigenvalue weighted by atomic mass is 9.99. The lowest BCUT2D eigenvalue weighted by Crippen LogP contribution is -2.24. The molecule has 0 spiro atoms. The van der Waals surface area contributed by atoms with Gasteiger partial charge in [0.1, 0.15) is 5.75 Å². The normalized spacial score (nSPS) is 12.7. The zero-order chi connectivity index (χ0) is 13.5. The molecule has 6 heteroatoms. The number of aryl methyl sites for hydroxylation is 1. The van der Waals surface area contributed by atoms with E-state index in [-0.39, 0.29) is 25.0 Å². The number of pyridine rings is 1. The monoisotopic (exact) mass is 256 g/mol. The molecule has 1 heterocycles. The number of aliphatic hydroxyl groups excluding tert-OH is 1. The number of aliphatic hydroxyl groups is 1. The Hall–Kier alpha value is -1.21. The highest BCUT2D eigenvalue weighted by Gasteiger charge is 2.13. The molecule has 0 bridgehead atoms. The maximum atomic E-state index is 9.79. The van der Waals surface area contributed by atoms with Crippen LogP contribution in [0.15, 0.2) is 6.20 Å². The summed E-state index contributed by atoms with van der Waals surface area (Å²) >= 11 is 0. The number of nitrogens with two attached hydrogens (primary N) is 1. The van der Waals surface area contributed by atoms with Gasteiger partial charge in [-0.15, -0.1) is 0 Å². The van der Waals surface area contributed by atoms with E-state index in [2.05, 4.69) is 9.87 Å². The Balaban J connectivity index is 2.69. The molecule has 0 aromatic carbocycles. The summed E-state index contributed by atoms with van der Waals surface area (Å²) in [4.78, 5) is 8.03. The number of aromatic hydroxyl groups is 1. The van der Waals surface area contributed by atoms with Crippen molar-refractivity contribution in [3.63, 3.8) is 0 Å². The van der Waals surface area contributed by atoms with E-state index >= 15 is 0 Å². The van der Waals surface area contributed by atoms with Gasteiger partial charge in [0.05, 0.1) is 18.9 Å². The molecule has 6 nitrogen and oxygen atoms in total. The van der Waals surface area contributed by atoms with E-state index in [1.54, 1.807) is 13.1 Å². The van der Waals surface area contributed by atoms with Crippen LogP contribution in [0.5, 0.6) is 5.75 Å². The molecule has 0 fully saturated rings. The van der Waals surface area contributed by atoms with Gasteiger partial charge in [-0.25, -0.2) is 4.89 Å². The van der Waals surface area contributed by atoms with Crippen LogP contribution in [0, 0.1) is 6.92 Å². The second kappa shape index (κ2) is 7.27. The van der Waals surface area contributed by atoms with Crippen molar-refractivity contribution in [2.45, 2.75) is 38.8 Å². The number of rotatable bonds is 7. The zero-order valence-electron chi connectivity index (χ0n) is 10.5. The van der Waals surface area contributed by atoms with Crippen molar-refractivity contribution in [3.8, 4) is 5.75 Å². The van der Waals surface area contributed by atoms with Crippen LogP contribution in [0.3, 0.4) is 0 Å². The SMILES string of the molecule is Cc1ncc(CC(N)CCCOO)c(CO)c1O. The van der Waals surface area contributed by atoms with Crippen molar-refractivity contribution in [2.75, 3.05) is 6.61 Å². The minimum absolute atomic E-state index is 0.0286. The van der Waals surface area contributed by atoms with Crippen LogP contribution in [0.2, 0.25) is 0 Å². The van der Waals surface area contributed by atoms with Gasteiger partial charge in [-0.05, 0) is 31.7 Å². The van der Waals surface area contributed by atoms with E-state index in [0.717, 1.165) is 5.56 Å². The van der Waals surface area contributed by atoms with Crippen molar-refractivity contribution in [1.82, 2.24) is 4.98 Å². The average Bonchev–Trinajstić information content (AvgIpc) is 2.35. The van der Waals surface area contributed by atoms with Crippen molar-refractivity contribution in [2.24, 2.45) is 5.73 Å². The van der Waals surface area contributed by atoms with E-state index in [0.29, 0.717) is 30.5 Å². The largest absolute Gasteiger partial charge is 0.506 e. The summed E-state index contributed by atoms with van der Waals surface area (Å²) in [5.74, 6) is 0.0286. The maximum Gasteiger partial charge on any atom is 0.142 e. The van der Waals surface area contributed by atoms with Gasteiger partial charge in [-0.2, -0.15) is 0 Å². The highest BCUT2D eigenvalue weighted by molar-refractivity contribution is 5.40. The Bertz CT molecular complexity index is 385. The molecule has 0 saturated carbocycles. The summed E-state index contributed by atoms with van der Waals surface area (Å²) in [7, 11) is 0. The molecule has 5 N–H and O–H groups in total. The van der Waals surface area contributed by atoms with Crippen LogP contribution < -0.4 is 5.73 Å². The molecular formula is C12H20N2O4. The molecule has 0 aliphatic rings. The molecular weight excluding hydrogens is 236 g/mol. The first-order valence-corrected chi connectivity index (χ1v) is 5.89. The molecule has 0 aliphatic carbocycles. The quantitative estimate of drug-likeness (QED) is 0.325. The molecule has 1 atom stereocenters. The molecule has 0 radical (unpaired) electrons. The lowest BCUT2D eigenvalue weighted by molar-refractivity contribution is -0.242. The summed E-state index contributed by atoms with van der Waals surface area (Å²) in [5, 5.41) is 27.3. The molecule has 18 heavy (non-hydrogen) atoms. The number of hydrogen-bond acceptors (Lipinski definition) is 6. The number of hydrogen-bond donors (Lipinski definition) is 4. The Kier molecular flexibility index (Phi) is 6.00. The molecule has 1 aromatic rings. The Morgan fingerprint density at radius 3 is 2.83 bits per heavy atom. The second-order valence-electron chi connectivity index (χ2n) is 4.29. The van der Waals surface area contributed by atoms with E-state index in [9.17, 15) is 10.2 Å². The highest BCUT2D eigenvalue weighted by Crippen LogP contribution is 2.24. The van der Waals surface area contributed by atoms with E-state index in [1.165, 1.54) is 0 Å². The van der Waals surface area contributed by atoms with Gasteiger partial charge in [-0.3, -0.25) is 10.2 Å². The van der Waals surface area contributed by atoms with E-state index < -0.39 is 0 Å². The molecule has 0 amide bonds. The lowest BCUT2D eigenvalue weighted by Gasteiger charge is -2.15. The maximum absolute atomic E-state index is 9.79. The van der Waals surface area contributed by atoms with Crippen molar-refractivity contribution < 1.29 is 20.4 Å². The van der Waals surface area contributed by atoms with Crippen molar-refractivity contribution >= 4 is 0 Å². The van der Waals surface area contributed by atoms with Crippen LogP contribution in [-0.4, -0.2) is 33.1 Å². The van der Waals surface area contributed by atoms with Gasteiger partial charge in [0, 0.05) is 17.8 Å². The van der Waals surface area contributed by atoms with Crippen molar-refractivity contribution in [3.05, 3.63) is 23.0 Å². The van der Waals surface area contributed by atoms with Gasteiger partial charge in [0.15, 0.2) is 0 Å². The molecule has 1 aromatic heterocycles. The van der Waals surface area contributed by atoms with Gasteiger partial charge in [0.2, 0.25) is 0 Å². The summed E-state index contributed by atoms with van der Waals surface area (Å²) in [6.07, 6.45) is 3.47. The molecule has 0 saturated heterocycles. The first-order chi connectivity index (χ1) is 8.60. The van der Waals surface area contributed by atoms with E-state index in [1.807, 2.05) is 0 Å². The molecule has 1 unspecified atom stereocenters. The fourth-order valence-corrected chi connectivity index (χ4v) is 1.83. The van der Waals surface area contributed by atoms with Crippen LogP contribution in [-0.2, 0) is 17.9 Å². The minimum atomic E-state index is -0.239. The topological polar surface area (TPSA) is 109 Å². The van der Waals surface area contributed by atoms with Gasteiger partial charge in [0.25, 0.3) is 0 Å². The highest BCUT2D eigenvalue weighted by atomic mass is 17.1. The van der Waals surface area contributed by atoms with E-state index in [4.69, 9.17) is 11.0 Å². The summed E-state index contributed by atoms with van der Waals surface area (Å²) in [6.45, 7) is 1.69. The summed E-state index contributed by atoms with van der Waals surface area (Å²) in [5.41, 5.74) is 7.65. The fraction of sp³-hybridized carbons (Fsp3) is 0.583. The zero-order valence-corrected chi connectivity index (χ0v) is 10.5. The Morgan fingerprint density at radius 1 is 1.50 bits per heavy atom. The van der Waals surface area contributed by atoms with Gasteiger partial charge < -0.3 is 15.9 Å². The fourth-order valence-electron chi connectivity index (χ4n) is 1.83. The summed E-state index contributed by atoms with van der Waals surface area (Å²) in [6, 6.07) is -0.130. The predicted molar refractivity (Wildman–Crippen MR) is 66.1 cm³/mol. The molecule has 0 aliphatic heterocycles. The Morgan fingerprint density at radius 2 is 2.22 bits per heavy atom. The molecule has 1 rings (SSSR count). The van der Waals surface area contributed by atoms with Gasteiger partial charge >= 0.3 is 0 Å². The predicted octanol–water partition coefficient (Wildman–Crippen LogP) is 0.728. The van der Waals surface area contributed by atoms with Crippen LogP contribution >= 0.6 is 0 Å². The third-order valence-corrected chi connectivity index (χ3v) is 2.88. The first kappa shape index (κ1) is 14.8. The smallest absolute Gasteiger partial charge is 0.142 e. The average molecular weight is 256 g/mol. The Labute approximate surface area is 106 Å². The van der Waals surface area contributed by atoms with Crippen LogP contribution in [0.4, 0.5) is 0 Å². The molecule has 102 valence electrons. The minimum Gasteiger partial charge on any atom is -0.506 e.